The molecule has 102 valence electrons. The summed E-state index contributed by atoms with van der Waals surface area (Å²) < 4.78 is 5.38. The lowest BCUT2D eigenvalue weighted by Gasteiger charge is -2.12. The van der Waals surface area contributed by atoms with E-state index >= 15 is 0 Å². The molecular formula is C14H17IN2OS. The van der Waals surface area contributed by atoms with Gasteiger partial charge in [0.25, 0.3) is 0 Å². The van der Waals surface area contributed by atoms with Gasteiger partial charge in [-0.2, -0.15) is 0 Å². The second kappa shape index (κ2) is 7.59. The first-order valence-electron chi connectivity index (χ1n) is 5.63. The van der Waals surface area contributed by atoms with Gasteiger partial charge in [0, 0.05) is 23.5 Å². The Morgan fingerprint density at radius 2 is 1.84 bits per heavy atom. The third-order valence-electron chi connectivity index (χ3n) is 2.74. The number of benzene rings is 2. The third kappa shape index (κ3) is 3.54. The first-order valence-corrected chi connectivity index (χ1v) is 6.86. The maximum atomic E-state index is 5.38. The molecule has 0 heterocycles. The van der Waals surface area contributed by atoms with E-state index in [1.165, 1.54) is 0 Å². The van der Waals surface area contributed by atoms with Crippen molar-refractivity contribution in [2.45, 2.75) is 0 Å². The molecule has 2 aromatic carbocycles. The maximum Gasteiger partial charge on any atom is 0.160 e. The van der Waals surface area contributed by atoms with Crippen molar-refractivity contribution in [1.29, 1.82) is 0 Å². The van der Waals surface area contributed by atoms with Crippen molar-refractivity contribution >= 4 is 57.4 Å². The number of nitrogens with zero attached hydrogens (tertiary/aromatic N) is 1. The molecule has 0 aliphatic heterocycles. The summed E-state index contributed by atoms with van der Waals surface area (Å²) in [6.07, 6.45) is 2.00. The second-order valence-electron chi connectivity index (χ2n) is 3.72. The number of fused-ring (bicyclic) bond motifs is 1. The van der Waals surface area contributed by atoms with Gasteiger partial charge in [0.15, 0.2) is 5.17 Å². The summed E-state index contributed by atoms with van der Waals surface area (Å²) in [5.74, 6) is 0.885. The molecule has 0 aliphatic carbocycles. The van der Waals surface area contributed by atoms with Gasteiger partial charge in [0.05, 0.1) is 7.11 Å². The number of methoxy groups -OCH3 is 1. The Morgan fingerprint density at radius 1 is 1.16 bits per heavy atom. The van der Waals surface area contributed by atoms with E-state index in [0.29, 0.717) is 0 Å². The topological polar surface area (TPSA) is 33.6 Å². The summed E-state index contributed by atoms with van der Waals surface area (Å²) in [6.45, 7) is 0. The minimum atomic E-state index is 0. The molecular weight excluding hydrogens is 371 g/mol. The Labute approximate surface area is 134 Å². The summed E-state index contributed by atoms with van der Waals surface area (Å²) in [5, 5.41) is 6.45. The van der Waals surface area contributed by atoms with Crippen LogP contribution in [0.5, 0.6) is 5.75 Å². The fourth-order valence-corrected chi connectivity index (χ4v) is 2.27. The second-order valence-corrected chi connectivity index (χ2v) is 4.51. The van der Waals surface area contributed by atoms with Crippen molar-refractivity contribution in [1.82, 2.24) is 0 Å². The van der Waals surface area contributed by atoms with Crippen molar-refractivity contribution in [2.24, 2.45) is 4.99 Å². The number of anilines is 1. The predicted molar refractivity (Wildman–Crippen MR) is 96.4 cm³/mol. The Balaban J connectivity index is 0.00000180. The smallest absolute Gasteiger partial charge is 0.160 e. The van der Waals surface area contributed by atoms with E-state index in [1.54, 1.807) is 25.9 Å². The Bertz CT molecular complexity index is 587. The zero-order chi connectivity index (χ0) is 13.0. The van der Waals surface area contributed by atoms with Crippen LogP contribution in [-0.4, -0.2) is 25.6 Å². The highest BCUT2D eigenvalue weighted by Gasteiger charge is 2.06. The number of nitrogens with one attached hydrogen (secondary N) is 1. The molecule has 0 aliphatic rings. The number of ether oxygens (including phenoxy) is 1. The fraction of sp³-hybridized carbons (Fsp3) is 0.214. The molecule has 0 bridgehead atoms. The minimum absolute atomic E-state index is 0. The number of thioether (sulfide) groups is 1. The average Bonchev–Trinajstić information content (AvgIpc) is 2.44. The summed E-state index contributed by atoms with van der Waals surface area (Å²) in [5.41, 5.74) is 1.04. The summed E-state index contributed by atoms with van der Waals surface area (Å²) in [7, 11) is 3.47. The van der Waals surface area contributed by atoms with Crippen LogP contribution in [0.2, 0.25) is 0 Å². The lowest BCUT2D eigenvalue weighted by Crippen LogP contribution is -2.07. The van der Waals surface area contributed by atoms with Crippen molar-refractivity contribution in [3.8, 4) is 5.75 Å². The third-order valence-corrected chi connectivity index (χ3v) is 3.41. The van der Waals surface area contributed by atoms with Crippen LogP contribution in [0.1, 0.15) is 0 Å². The van der Waals surface area contributed by atoms with Crippen LogP contribution >= 0.6 is 35.7 Å². The first kappa shape index (κ1) is 16.1. The molecule has 2 aromatic rings. The van der Waals surface area contributed by atoms with Gasteiger partial charge in [0.1, 0.15) is 5.75 Å². The average molecular weight is 388 g/mol. The van der Waals surface area contributed by atoms with Crippen LogP contribution in [0.25, 0.3) is 10.8 Å². The van der Waals surface area contributed by atoms with Crippen LogP contribution in [0.15, 0.2) is 41.4 Å². The van der Waals surface area contributed by atoms with Crippen LogP contribution in [0.3, 0.4) is 0 Å². The van der Waals surface area contributed by atoms with Crippen LogP contribution in [-0.2, 0) is 0 Å². The molecule has 0 spiro atoms. The lowest BCUT2D eigenvalue weighted by molar-refractivity contribution is 0.420. The van der Waals surface area contributed by atoms with E-state index in [-0.39, 0.29) is 24.0 Å². The molecule has 0 aromatic heterocycles. The van der Waals surface area contributed by atoms with Crippen molar-refractivity contribution < 1.29 is 4.74 Å². The van der Waals surface area contributed by atoms with Gasteiger partial charge in [-0.1, -0.05) is 36.0 Å². The van der Waals surface area contributed by atoms with E-state index in [1.807, 2.05) is 30.5 Å². The van der Waals surface area contributed by atoms with Gasteiger partial charge < -0.3 is 10.1 Å². The Kier molecular flexibility index (Phi) is 6.44. The fourth-order valence-electron chi connectivity index (χ4n) is 1.87. The van der Waals surface area contributed by atoms with Crippen LogP contribution in [0, 0.1) is 0 Å². The van der Waals surface area contributed by atoms with Crippen molar-refractivity contribution in [2.75, 3.05) is 25.7 Å². The van der Waals surface area contributed by atoms with Gasteiger partial charge in [-0.05, 0) is 18.4 Å². The maximum absolute atomic E-state index is 5.38. The zero-order valence-corrected chi connectivity index (χ0v) is 14.3. The first-order chi connectivity index (χ1) is 8.80. The predicted octanol–water partition coefficient (Wildman–Crippen LogP) is 4.23. The standard InChI is InChI=1S/C14H16N2OS.HI/c1-15-14(18-3)16-12-8-9-13(17-2)11-7-5-4-6-10(11)12;/h4-9H,1-3H3,(H,15,16);1H. The van der Waals surface area contributed by atoms with Crippen molar-refractivity contribution in [3.63, 3.8) is 0 Å². The highest BCUT2D eigenvalue weighted by atomic mass is 127. The Hall–Kier alpha value is -0.950. The normalized spacial score (nSPS) is 11.0. The van der Waals surface area contributed by atoms with Crippen molar-refractivity contribution in [3.05, 3.63) is 36.4 Å². The number of rotatable bonds is 2. The molecule has 0 saturated carbocycles. The molecule has 0 saturated heterocycles. The molecule has 0 fully saturated rings. The molecule has 19 heavy (non-hydrogen) atoms. The molecule has 1 N–H and O–H groups in total. The molecule has 0 radical (unpaired) electrons. The highest BCUT2D eigenvalue weighted by molar-refractivity contribution is 14.0. The highest BCUT2D eigenvalue weighted by Crippen LogP contribution is 2.31. The summed E-state index contributed by atoms with van der Waals surface area (Å²) in [4.78, 5) is 4.19. The van der Waals surface area contributed by atoms with Gasteiger partial charge >= 0.3 is 0 Å². The Morgan fingerprint density at radius 3 is 2.42 bits per heavy atom. The number of halogens is 1. The van der Waals surface area contributed by atoms with Gasteiger partial charge in [-0.3, -0.25) is 4.99 Å². The molecule has 2 rings (SSSR count). The van der Waals surface area contributed by atoms with E-state index in [9.17, 15) is 0 Å². The van der Waals surface area contributed by atoms with Gasteiger partial charge in [-0.25, -0.2) is 0 Å². The summed E-state index contributed by atoms with van der Waals surface area (Å²) >= 11 is 1.59. The molecule has 5 heteroatoms. The van der Waals surface area contributed by atoms with Crippen LogP contribution < -0.4 is 10.1 Å². The molecule has 0 atom stereocenters. The number of hydrogen-bond acceptors (Lipinski definition) is 3. The SMILES string of the molecule is CN=C(Nc1ccc(OC)c2ccccc12)SC.I. The van der Waals surface area contributed by atoms with E-state index in [2.05, 4.69) is 22.4 Å². The monoisotopic (exact) mass is 388 g/mol. The van der Waals surface area contributed by atoms with Gasteiger partial charge in [0.2, 0.25) is 0 Å². The number of aliphatic imine (C=N–C) groups is 1. The summed E-state index contributed by atoms with van der Waals surface area (Å²) in [6, 6.07) is 12.2. The minimum Gasteiger partial charge on any atom is -0.496 e. The van der Waals surface area contributed by atoms with E-state index < -0.39 is 0 Å². The van der Waals surface area contributed by atoms with E-state index in [0.717, 1.165) is 27.4 Å². The number of amidine groups is 1. The van der Waals surface area contributed by atoms with E-state index in [4.69, 9.17) is 4.74 Å². The van der Waals surface area contributed by atoms with Gasteiger partial charge in [-0.15, -0.1) is 24.0 Å². The quantitative estimate of drug-likeness (QED) is 0.475. The lowest BCUT2D eigenvalue weighted by atomic mass is 10.1. The zero-order valence-electron chi connectivity index (χ0n) is 11.1. The molecule has 0 unspecified atom stereocenters. The number of hydrogen-bond donors (Lipinski definition) is 1. The molecule has 3 nitrogen and oxygen atoms in total. The van der Waals surface area contributed by atoms with Crippen LogP contribution in [0.4, 0.5) is 5.69 Å². The largest absolute Gasteiger partial charge is 0.496 e. The molecule has 0 amide bonds.